The van der Waals surface area contributed by atoms with Gasteiger partial charge in [-0.05, 0) is 69.2 Å². The molecule has 0 radical (unpaired) electrons. The number of methoxy groups -OCH3 is 1. The van der Waals surface area contributed by atoms with E-state index >= 15 is 0 Å². The highest BCUT2D eigenvalue weighted by atomic mass is 16.5. The summed E-state index contributed by atoms with van der Waals surface area (Å²) < 4.78 is 12.8. The predicted octanol–water partition coefficient (Wildman–Crippen LogP) is 4.92. The zero-order chi connectivity index (χ0) is 28.0. The number of ether oxygens (including phenoxy) is 2. The van der Waals surface area contributed by atoms with Crippen LogP contribution in [0.2, 0.25) is 0 Å². The van der Waals surface area contributed by atoms with Gasteiger partial charge < -0.3 is 14.8 Å². The quantitative estimate of drug-likeness (QED) is 0.296. The minimum Gasteiger partial charge on any atom is -0.497 e. The molecule has 204 valence electrons. The highest BCUT2D eigenvalue weighted by molar-refractivity contribution is 6.02. The summed E-state index contributed by atoms with van der Waals surface area (Å²) in [6.07, 6.45) is 0.711. The van der Waals surface area contributed by atoms with Gasteiger partial charge in [0.25, 0.3) is 0 Å². The maximum absolute atomic E-state index is 14.3. The molecule has 0 unspecified atom stereocenters. The Bertz CT molecular complexity index is 1430. The van der Waals surface area contributed by atoms with Crippen LogP contribution in [-0.2, 0) is 16.1 Å². The largest absolute Gasteiger partial charge is 0.497 e. The van der Waals surface area contributed by atoms with Crippen LogP contribution in [0.15, 0.2) is 72.8 Å². The smallest absolute Gasteiger partial charge is 0.249 e. The molecule has 4 rings (SSSR count). The first-order valence-corrected chi connectivity index (χ1v) is 13.1. The van der Waals surface area contributed by atoms with Crippen molar-refractivity contribution in [2.45, 2.75) is 52.2 Å². The number of nitrogens with one attached hydrogen (secondary N) is 1. The number of benzene rings is 3. The number of hydrogen-bond acceptors (Lipinski definition) is 6. The third-order valence-electron chi connectivity index (χ3n) is 6.68. The molecular weight excluding hydrogens is 494 g/mol. The first-order valence-electron chi connectivity index (χ1n) is 13.1. The highest BCUT2D eigenvalue weighted by Gasteiger charge is 2.36. The predicted molar refractivity (Wildman–Crippen MR) is 151 cm³/mol. The van der Waals surface area contributed by atoms with Crippen molar-refractivity contribution in [1.29, 1.82) is 0 Å². The average molecular weight is 530 g/mol. The van der Waals surface area contributed by atoms with E-state index in [-0.39, 0.29) is 18.4 Å². The molecule has 1 heterocycles. The molecule has 0 bridgehead atoms. The molecule has 0 aliphatic rings. The maximum Gasteiger partial charge on any atom is 0.249 e. The van der Waals surface area contributed by atoms with Crippen LogP contribution in [0.25, 0.3) is 11.0 Å². The SMILES string of the molecule is CCOc1ccccc1N(C(=O)Cn1nnc2ccccc21)[C@@H](C(=O)NC(C)(C)CC)c1ccc(OC)cc1. The van der Waals surface area contributed by atoms with Gasteiger partial charge in [0.2, 0.25) is 11.8 Å². The minimum atomic E-state index is -0.995. The average Bonchev–Trinajstić information content (AvgIpc) is 3.34. The first-order chi connectivity index (χ1) is 18.8. The molecule has 9 nitrogen and oxygen atoms in total. The normalized spacial score (nSPS) is 12.1. The van der Waals surface area contributed by atoms with Gasteiger partial charge in [-0.3, -0.25) is 14.5 Å². The topological polar surface area (TPSA) is 98.6 Å². The fraction of sp³-hybridized carbons (Fsp3) is 0.333. The number of rotatable bonds is 11. The second-order valence-electron chi connectivity index (χ2n) is 9.80. The van der Waals surface area contributed by atoms with E-state index < -0.39 is 11.6 Å². The molecule has 9 heteroatoms. The molecule has 39 heavy (non-hydrogen) atoms. The second-order valence-corrected chi connectivity index (χ2v) is 9.80. The Balaban J connectivity index is 1.86. The lowest BCUT2D eigenvalue weighted by Crippen LogP contribution is -2.51. The summed E-state index contributed by atoms with van der Waals surface area (Å²) in [5.74, 6) is 0.490. The molecule has 0 fully saturated rings. The van der Waals surface area contributed by atoms with E-state index in [1.165, 1.54) is 4.90 Å². The van der Waals surface area contributed by atoms with Gasteiger partial charge in [-0.25, -0.2) is 4.68 Å². The summed E-state index contributed by atoms with van der Waals surface area (Å²) in [4.78, 5) is 29.8. The summed E-state index contributed by atoms with van der Waals surface area (Å²) >= 11 is 0. The van der Waals surface area contributed by atoms with Crippen LogP contribution in [0.4, 0.5) is 5.69 Å². The number of aromatic nitrogens is 3. The molecule has 4 aromatic rings. The van der Waals surface area contributed by atoms with Crippen molar-refractivity contribution in [3.05, 3.63) is 78.4 Å². The Labute approximate surface area is 228 Å². The van der Waals surface area contributed by atoms with E-state index in [1.807, 2.05) is 64.1 Å². The van der Waals surface area contributed by atoms with Crippen molar-refractivity contribution < 1.29 is 19.1 Å². The standard InChI is InChI=1S/C30H35N5O4/c1-6-30(3,4)31-29(37)28(21-16-18-22(38-5)19-17-21)35(25-14-10-11-15-26(25)39-7-2)27(36)20-34-24-13-9-8-12-23(24)32-33-34/h8-19,28H,6-7,20H2,1-5H3,(H,31,37)/t28-/m1/s1. The summed E-state index contributed by atoms with van der Waals surface area (Å²) in [5.41, 5.74) is 2.03. The molecule has 0 aliphatic carbocycles. The Hall–Kier alpha value is -4.40. The monoisotopic (exact) mass is 529 g/mol. The van der Waals surface area contributed by atoms with Crippen LogP contribution in [0, 0.1) is 0 Å². The number of amides is 2. The highest BCUT2D eigenvalue weighted by Crippen LogP contribution is 2.36. The first kappa shape index (κ1) is 27.6. The van der Waals surface area contributed by atoms with E-state index in [1.54, 1.807) is 48.2 Å². The second kappa shape index (κ2) is 12.0. The molecule has 2 amide bonds. The molecular formula is C30H35N5O4. The van der Waals surface area contributed by atoms with E-state index in [9.17, 15) is 9.59 Å². The maximum atomic E-state index is 14.3. The van der Waals surface area contributed by atoms with Crippen LogP contribution in [0.3, 0.4) is 0 Å². The third kappa shape index (κ3) is 6.19. The Kier molecular flexibility index (Phi) is 8.49. The van der Waals surface area contributed by atoms with E-state index in [0.29, 0.717) is 41.3 Å². The van der Waals surface area contributed by atoms with E-state index in [2.05, 4.69) is 15.6 Å². The van der Waals surface area contributed by atoms with Crippen LogP contribution < -0.4 is 19.7 Å². The van der Waals surface area contributed by atoms with Gasteiger partial charge in [-0.2, -0.15) is 0 Å². The van der Waals surface area contributed by atoms with Crippen molar-refractivity contribution in [3.8, 4) is 11.5 Å². The number of nitrogens with zero attached hydrogens (tertiary/aromatic N) is 4. The molecule has 1 N–H and O–H groups in total. The minimum absolute atomic E-state index is 0.127. The number of hydrogen-bond donors (Lipinski definition) is 1. The summed E-state index contributed by atoms with van der Waals surface area (Å²) in [6.45, 7) is 8.07. The van der Waals surface area contributed by atoms with E-state index in [4.69, 9.17) is 9.47 Å². The van der Waals surface area contributed by atoms with Crippen molar-refractivity contribution in [3.63, 3.8) is 0 Å². The molecule has 1 atom stereocenters. The van der Waals surface area contributed by atoms with Gasteiger partial charge in [0.15, 0.2) is 0 Å². The van der Waals surface area contributed by atoms with Crippen molar-refractivity contribution in [1.82, 2.24) is 20.3 Å². The van der Waals surface area contributed by atoms with Crippen LogP contribution >= 0.6 is 0 Å². The lowest BCUT2D eigenvalue weighted by Gasteiger charge is -2.35. The number of fused-ring (bicyclic) bond motifs is 1. The fourth-order valence-corrected chi connectivity index (χ4v) is 4.28. The lowest BCUT2D eigenvalue weighted by molar-refractivity contribution is -0.128. The lowest BCUT2D eigenvalue weighted by atomic mass is 9.98. The zero-order valence-corrected chi connectivity index (χ0v) is 23.0. The number of carbonyl (C=O) groups is 2. The zero-order valence-electron chi connectivity index (χ0n) is 23.0. The van der Waals surface area contributed by atoms with Crippen molar-refractivity contribution in [2.75, 3.05) is 18.6 Å². The van der Waals surface area contributed by atoms with Crippen LogP contribution in [-0.4, -0.2) is 46.1 Å². The van der Waals surface area contributed by atoms with Gasteiger partial charge in [0.1, 0.15) is 29.6 Å². The number of anilines is 1. The summed E-state index contributed by atoms with van der Waals surface area (Å²) in [6, 6.07) is 20.9. The Morgan fingerprint density at radius 3 is 2.38 bits per heavy atom. The molecule has 1 aromatic heterocycles. The van der Waals surface area contributed by atoms with Gasteiger partial charge in [-0.1, -0.05) is 48.5 Å². The molecule has 0 saturated heterocycles. The summed E-state index contributed by atoms with van der Waals surface area (Å²) in [5, 5.41) is 11.5. The van der Waals surface area contributed by atoms with Gasteiger partial charge >= 0.3 is 0 Å². The Morgan fingerprint density at radius 2 is 1.69 bits per heavy atom. The van der Waals surface area contributed by atoms with Crippen LogP contribution in [0.1, 0.15) is 45.7 Å². The fourth-order valence-electron chi connectivity index (χ4n) is 4.28. The Morgan fingerprint density at radius 1 is 1.00 bits per heavy atom. The molecule has 0 aliphatic heterocycles. The van der Waals surface area contributed by atoms with Crippen LogP contribution in [0.5, 0.6) is 11.5 Å². The number of carbonyl (C=O) groups excluding carboxylic acids is 2. The number of para-hydroxylation sites is 3. The van der Waals surface area contributed by atoms with Crippen molar-refractivity contribution in [2.24, 2.45) is 0 Å². The van der Waals surface area contributed by atoms with Gasteiger partial charge in [0.05, 0.1) is 24.9 Å². The summed E-state index contributed by atoms with van der Waals surface area (Å²) in [7, 11) is 1.58. The van der Waals surface area contributed by atoms with Crippen molar-refractivity contribution >= 4 is 28.5 Å². The molecule has 0 saturated carbocycles. The molecule has 3 aromatic carbocycles. The van der Waals surface area contributed by atoms with E-state index in [0.717, 1.165) is 5.52 Å². The third-order valence-corrected chi connectivity index (χ3v) is 6.68. The van der Waals surface area contributed by atoms with Gasteiger partial charge in [0, 0.05) is 5.54 Å². The molecule has 0 spiro atoms. The van der Waals surface area contributed by atoms with Gasteiger partial charge in [-0.15, -0.1) is 5.10 Å².